The summed E-state index contributed by atoms with van der Waals surface area (Å²) >= 11 is 0. The Balaban J connectivity index is 1.72. The van der Waals surface area contributed by atoms with Gasteiger partial charge in [-0.3, -0.25) is 0 Å². The van der Waals surface area contributed by atoms with Gasteiger partial charge in [0.25, 0.3) is 0 Å². The molecule has 0 aliphatic carbocycles. The highest BCUT2D eigenvalue weighted by Crippen LogP contribution is 2.34. The Bertz CT molecular complexity index is 976. The van der Waals surface area contributed by atoms with Gasteiger partial charge in [-0.15, -0.1) is 0 Å². The van der Waals surface area contributed by atoms with E-state index in [4.69, 9.17) is 9.47 Å². The molecule has 8 heteroatoms. The standard InChI is InChI=1S/C18H14F3N3O2/c1-24(9-11-6-7-14-15(8-11)26-10-25-14)16-12-4-2-3-5-13(12)22-17(23-16)18(19,20)21/h2-8H,9-10H2,1H3. The third-order valence-electron chi connectivity index (χ3n) is 4.05. The number of fused-ring (bicyclic) bond motifs is 2. The summed E-state index contributed by atoms with van der Waals surface area (Å²) in [5.41, 5.74) is 1.12. The second-order valence-corrected chi connectivity index (χ2v) is 5.93. The fourth-order valence-electron chi connectivity index (χ4n) is 2.87. The van der Waals surface area contributed by atoms with E-state index in [1.54, 1.807) is 42.3 Å². The Morgan fingerprint density at radius 1 is 1.04 bits per heavy atom. The molecule has 3 aromatic rings. The lowest BCUT2D eigenvalue weighted by Crippen LogP contribution is -2.21. The molecule has 0 radical (unpaired) electrons. The lowest BCUT2D eigenvalue weighted by atomic mass is 10.1. The van der Waals surface area contributed by atoms with Gasteiger partial charge in [0.1, 0.15) is 5.82 Å². The van der Waals surface area contributed by atoms with Crippen LogP contribution in [0, 0.1) is 0 Å². The topological polar surface area (TPSA) is 47.5 Å². The van der Waals surface area contributed by atoms with Crippen LogP contribution in [-0.2, 0) is 12.7 Å². The van der Waals surface area contributed by atoms with Crippen molar-refractivity contribution in [2.75, 3.05) is 18.7 Å². The van der Waals surface area contributed by atoms with Crippen molar-refractivity contribution in [3.8, 4) is 11.5 Å². The Labute approximate surface area is 147 Å². The number of aromatic nitrogens is 2. The third-order valence-corrected chi connectivity index (χ3v) is 4.05. The largest absolute Gasteiger partial charge is 0.454 e. The number of nitrogens with zero attached hydrogens (tertiary/aromatic N) is 3. The molecule has 1 aliphatic rings. The average Bonchev–Trinajstić information content (AvgIpc) is 3.07. The lowest BCUT2D eigenvalue weighted by Gasteiger charge is -2.21. The van der Waals surface area contributed by atoms with Gasteiger partial charge >= 0.3 is 6.18 Å². The normalized spacial score (nSPS) is 13.2. The van der Waals surface area contributed by atoms with E-state index in [1.807, 2.05) is 12.1 Å². The number of hydrogen-bond acceptors (Lipinski definition) is 5. The van der Waals surface area contributed by atoms with Gasteiger partial charge < -0.3 is 14.4 Å². The van der Waals surface area contributed by atoms with Gasteiger partial charge in [-0.2, -0.15) is 13.2 Å². The maximum Gasteiger partial charge on any atom is 0.451 e. The zero-order chi connectivity index (χ0) is 18.3. The molecule has 0 amide bonds. The number of hydrogen-bond donors (Lipinski definition) is 0. The zero-order valence-corrected chi connectivity index (χ0v) is 13.7. The summed E-state index contributed by atoms with van der Waals surface area (Å²) in [6, 6.07) is 12.1. The van der Waals surface area contributed by atoms with Crippen LogP contribution in [0.1, 0.15) is 11.4 Å². The van der Waals surface area contributed by atoms with Gasteiger partial charge in [0.05, 0.1) is 5.52 Å². The summed E-state index contributed by atoms with van der Waals surface area (Å²) < 4.78 is 50.1. The molecule has 0 fully saturated rings. The number of para-hydroxylation sites is 1. The van der Waals surface area contributed by atoms with Crippen LogP contribution < -0.4 is 14.4 Å². The number of alkyl halides is 3. The first-order chi connectivity index (χ1) is 12.4. The molecular formula is C18H14F3N3O2. The number of benzene rings is 2. The number of halogens is 3. The quantitative estimate of drug-likeness (QED) is 0.705. The van der Waals surface area contributed by atoms with Gasteiger partial charge in [0.15, 0.2) is 11.5 Å². The summed E-state index contributed by atoms with van der Waals surface area (Å²) in [6.07, 6.45) is -4.61. The smallest absolute Gasteiger partial charge is 0.451 e. The SMILES string of the molecule is CN(Cc1ccc2c(c1)OCO2)c1nc(C(F)(F)F)nc2ccccc12. The van der Waals surface area contributed by atoms with Crippen molar-refractivity contribution >= 4 is 16.7 Å². The predicted octanol–water partition coefficient (Wildman–Crippen LogP) is 4.01. The highest BCUT2D eigenvalue weighted by molar-refractivity contribution is 5.89. The maximum atomic E-state index is 13.2. The van der Waals surface area contributed by atoms with Crippen LogP contribution in [0.15, 0.2) is 42.5 Å². The molecule has 2 heterocycles. The first-order valence-corrected chi connectivity index (χ1v) is 7.85. The Morgan fingerprint density at radius 3 is 2.62 bits per heavy atom. The molecule has 0 atom stereocenters. The van der Waals surface area contributed by atoms with Crippen molar-refractivity contribution in [1.29, 1.82) is 0 Å². The van der Waals surface area contributed by atoms with Crippen molar-refractivity contribution in [3.05, 3.63) is 53.9 Å². The van der Waals surface area contributed by atoms with Crippen LogP contribution in [-0.4, -0.2) is 23.8 Å². The van der Waals surface area contributed by atoms with E-state index < -0.39 is 12.0 Å². The minimum absolute atomic E-state index is 0.167. The first kappa shape index (κ1) is 16.4. The van der Waals surface area contributed by atoms with Crippen LogP contribution in [0.25, 0.3) is 10.9 Å². The minimum atomic E-state index is -4.61. The molecule has 134 valence electrons. The van der Waals surface area contributed by atoms with E-state index in [2.05, 4.69) is 9.97 Å². The lowest BCUT2D eigenvalue weighted by molar-refractivity contribution is -0.144. The monoisotopic (exact) mass is 361 g/mol. The third kappa shape index (κ3) is 2.98. The Morgan fingerprint density at radius 2 is 1.81 bits per heavy atom. The fraction of sp³-hybridized carbons (Fsp3) is 0.222. The fourth-order valence-corrected chi connectivity index (χ4v) is 2.87. The van der Waals surface area contributed by atoms with Gasteiger partial charge in [0.2, 0.25) is 12.6 Å². The molecule has 5 nitrogen and oxygen atoms in total. The van der Waals surface area contributed by atoms with E-state index in [0.29, 0.717) is 23.4 Å². The molecule has 0 saturated carbocycles. The summed E-state index contributed by atoms with van der Waals surface area (Å²) in [5.74, 6) is 0.354. The molecule has 26 heavy (non-hydrogen) atoms. The second kappa shape index (κ2) is 6.05. The van der Waals surface area contributed by atoms with Crippen molar-refractivity contribution in [2.24, 2.45) is 0 Å². The second-order valence-electron chi connectivity index (χ2n) is 5.93. The molecule has 0 bridgehead atoms. The van der Waals surface area contributed by atoms with Gasteiger partial charge in [-0.25, -0.2) is 9.97 Å². The molecule has 1 aliphatic heterocycles. The maximum absolute atomic E-state index is 13.2. The molecule has 0 spiro atoms. The molecular weight excluding hydrogens is 347 g/mol. The first-order valence-electron chi connectivity index (χ1n) is 7.85. The number of rotatable bonds is 3. The molecule has 0 N–H and O–H groups in total. The molecule has 0 saturated heterocycles. The summed E-state index contributed by atoms with van der Waals surface area (Å²) in [7, 11) is 1.69. The van der Waals surface area contributed by atoms with E-state index >= 15 is 0 Å². The molecule has 0 unspecified atom stereocenters. The van der Waals surface area contributed by atoms with Gasteiger partial charge in [-0.05, 0) is 29.8 Å². The van der Waals surface area contributed by atoms with Gasteiger partial charge in [-0.1, -0.05) is 18.2 Å². The van der Waals surface area contributed by atoms with Crippen LogP contribution in [0.2, 0.25) is 0 Å². The van der Waals surface area contributed by atoms with Crippen LogP contribution >= 0.6 is 0 Å². The Kier molecular flexibility index (Phi) is 3.82. The predicted molar refractivity (Wildman–Crippen MR) is 89.2 cm³/mol. The van der Waals surface area contributed by atoms with Crippen LogP contribution in [0.3, 0.4) is 0 Å². The number of anilines is 1. The van der Waals surface area contributed by atoms with Gasteiger partial charge in [0, 0.05) is 19.0 Å². The van der Waals surface area contributed by atoms with E-state index in [-0.39, 0.29) is 18.1 Å². The highest BCUT2D eigenvalue weighted by Gasteiger charge is 2.36. The van der Waals surface area contributed by atoms with Crippen molar-refractivity contribution < 1.29 is 22.6 Å². The van der Waals surface area contributed by atoms with Crippen LogP contribution in [0.5, 0.6) is 11.5 Å². The van der Waals surface area contributed by atoms with E-state index in [9.17, 15) is 13.2 Å². The van der Waals surface area contributed by atoms with Crippen molar-refractivity contribution in [3.63, 3.8) is 0 Å². The Hall–Kier alpha value is -3.03. The zero-order valence-electron chi connectivity index (χ0n) is 13.7. The number of ether oxygens (including phenoxy) is 2. The summed E-state index contributed by atoms with van der Waals surface area (Å²) in [4.78, 5) is 9.08. The minimum Gasteiger partial charge on any atom is -0.454 e. The molecule has 4 rings (SSSR count). The average molecular weight is 361 g/mol. The molecule has 2 aromatic carbocycles. The highest BCUT2D eigenvalue weighted by atomic mass is 19.4. The van der Waals surface area contributed by atoms with E-state index in [1.165, 1.54) is 0 Å². The van der Waals surface area contributed by atoms with Crippen molar-refractivity contribution in [1.82, 2.24) is 9.97 Å². The van der Waals surface area contributed by atoms with E-state index in [0.717, 1.165) is 5.56 Å². The summed E-state index contributed by atoms with van der Waals surface area (Å²) in [6.45, 7) is 0.523. The van der Waals surface area contributed by atoms with Crippen molar-refractivity contribution in [2.45, 2.75) is 12.7 Å². The summed E-state index contributed by atoms with van der Waals surface area (Å²) in [5, 5.41) is 0.559. The van der Waals surface area contributed by atoms with Crippen LogP contribution in [0.4, 0.5) is 19.0 Å². The molecule has 1 aromatic heterocycles.